The van der Waals surface area contributed by atoms with Crippen molar-refractivity contribution in [2.75, 3.05) is 20.1 Å². The molecule has 1 fully saturated rings. The highest BCUT2D eigenvalue weighted by Crippen LogP contribution is 2.23. The summed E-state index contributed by atoms with van der Waals surface area (Å²) in [5.41, 5.74) is 6.59. The van der Waals surface area contributed by atoms with E-state index in [2.05, 4.69) is 17.2 Å². The molecule has 2 rings (SSSR count). The Labute approximate surface area is 124 Å². The lowest BCUT2D eigenvalue weighted by Crippen LogP contribution is -2.49. The number of pyridine rings is 1. The Morgan fingerprint density at radius 1 is 1.48 bits per heavy atom. The van der Waals surface area contributed by atoms with Crippen LogP contribution in [0.1, 0.15) is 40.6 Å². The highest BCUT2D eigenvalue weighted by molar-refractivity contribution is 5.96. The fraction of sp³-hybridized carbons (Fsp3) is 0.533. The molecule has 1 aromatic heterocycles. The van der Waals surface area contributed by atoms with Crippen LogP contribution in [0.2, 0.25) is 0 Å². The molecule has 3 N–H and O–H groups in total. The van der Waals surface area contributed by atoms with Crippen molar-refractivity contribution in [3.63, 3.8) is 0 Å². The van der Waals surface area contributed by atoms with E-state index in [4.69, 9.17) is 5.73 Å². The first kappa shape index (κ1) is 15.4. The van der Waals surface area contributed by atoms with E-state index in [1.54, 1.807) is 19.2 Å². The highest BCUT2D eigenvalue weighted by atomic mass is 16.2. The molecule has 2 amide bonds. The van der Waals surface area contributed by atoms with Crippen molar-refractivity contribution in [1.29, 1.82) is 0 Å². The first-order chi connectivity index (χ1) is 10.1. The van der Waals surface area contributed by atoms with Gasteiger partial charge in [0.05, 0.1) is 5.56 Å². The number of nitrogens with one attached hydrogen (secondary N) is 1. The predicted molar refractivity (Wildman–Crippen MR) is 79.9 cm³/mol. The van der Waals surface area contributed by atoms with Crippen LogP contribution in [0.25, 0.3) is 0 Å². The molecule has 0 saturated carbocycles. The van der Waals surface area contributed by atoms with Gasteiger partial charge in [0.1, 0.15) is 5.69 Å². The number of amides is 2. The van der Waals surface area contributed by atoms with Crippen LogP contribution in [0.3, 0.4) is 0 Å². The Morgan fingerprint density at radius 2 is 2.24 bits per heavy atom. The summed E-state index contributed by atoms with van der Waals surface area (Å²) in [4.78, 5) is 29.9. The van der Waals surface area contributed by atoms with Crippen LogP contribution in [0.5, 0.6) is 0 Å². The van der Waals surface area contributed by atoms with E-state index < -0.39 is 0 Å². The van der Waals surface area contributed by atoms with Gasteiger partial charge < -0.3 is 16.0 Å². The molecule has 1 aromatic rings. The first-order valence-electron chi connectivity index (χ1n) is 7.26. The van der Waals surface area contributed by atoms with Crippen molar-refractivity contribution in [2.24, 2.45) is 11.7 Å². The summed E-state index contributed by atoms with van der Waals surface area (Å²) in [6, 6.07) is 3.29. The second-order valence-electron chi connectivity index (χ2n) is 5.53. The number of rotatable bonds is 3. The number of hydrogen-bond acceptors (Lipinski definition) is 4. The van der Waals surface area contributed by atoms with Gasteiger partial charge in [-0.1, -0.05) is 6.92 Å². The normalized spacial score (nSPS) is 22.0. The number of likely N-dealkylation sites (tertiary alicyclic amines) is 1. The minimum Gasteiger partial charge on any atom is -0.354 e. The zero-order valence-electron chi connectivity index (χ0n) is 12.5. The molecule has 0 aliphatic carbocycles. The van der Waals surface area contributed by atoms with Crippen LogP contribution in [-0.2, 0) is 0 Å². The summed E-state index contributed by atoms with van der Waals surface area (Å²) in [5, 5.41) is 2.50. The topological polar surface area (TPSA) is 88.3 Å². The molecule has 6 heteroatoms. The summed E-state index contributed by atoms with van der Waals surface area (Å²) in [5.74, 6) is 0.269. The maximum atomic E-state index is 12.6. The third-order valence-electron chi connectivity index (χ3n) is 3.98. The second-order valence-corrected chi connectivity index (χ2v) is 5.53. The van der Waals surface area contributed by atoms with E-state index in [1.165, 1.54) is 6.20 Å². The Balaban J connectivity index is 2.13. The van der Waals surface area contributed by atoms with Crippen molar-refractivity contribution in [1.82, 2.24) is 15.2 Å². The maximum Gasteiger partial charge on any atom is 0.269 e. The minimum atomic E-state index is -0.263. The largest absolute Gasteiger partial charge is 0.354 e. The van der Waals surface area contributed by atoms with Gasteiger partial charge in [-0.3, -0.25) is 14.6 Å². The lowest BCUT2D eigenvalue weighted by Gasteiger charge is -2.38. The average molecular weight is 290 g/mol. The molecule has 114 valence electrons. The number of nitrogens with zero attached hydrogens (tertiary/aromatic N) is 2. The standard InChI is InChI=1S/C15H22N4O2/c1-10-5-6-19(12(7-10)8-16)15(21)11-3-4-13(18-9-11)14(20)17-2/h3-4,9-10,12H,5-8,16H2,1-2H3,(H,17,20). The highest BCUT2D eigenvalue weighted by Gasteiger charge is 2.29. The fourth-order valence-corrected chi connectivity index (χ4v) is 2.69. The van der Waals surface area contributed by atoms with Gasteiger partial charge in [0, 0.05) is 32.4 Å². The third kappa shape index (κ3) is 3.39. The molecule has 1 saturated heterocycles. The minimum absolute atomic E-state index is 0.0618. The molecule has 0 spiro atoms. The fourth-order valence-electron chi connectivity index (χ4n) is 2.69. The summed E-state index contributed by atoms with van der Waals surface area (Å²) in [6.45, 7) is 3.38. The van der Waals surface area contributed by atoms with Crippen LogP contribution >= 0.6 is 0 Å². The molecule has 1 aliphatic rings. The van der Waals surface area contributed by atoms with Gasteiger partial charge in [-0.15, -0.1) is 0 Å². The van der Waals surface area contributed by atoms with Gasteiger partial charge in [-0.25, -0.2) is 0 Å². The number of carbonyl (C=O) groups is 2. The number of nitrogens with two attached hydrogens (primary N) is 1. The Bertz CT molecular complexity index is 515. The summed E-state index contributed by atoms with van der Waals surface area (Å²) < 4.78 is 0. The van der Waals surface area contributed by atoms with Gasteiger partial charge in [-0.2, -0.15) is 0 Å². The lowest BCUT2D eigenvalue weighted by molar-refractivity contribution is 0.0573. The Morgan fingerprint density at radius 3 is 2.81 bits per heavy atom. The van der Waals surface area contributed by atoms with Crippen LogP contribution in [0.4, 0.5) is 0 Å². The van der Waals surface area contributed by atoms with E-state index in [1.807, 2.05) is 4.90 Å². The molecule has 0 aromatic carbocycles. The zero-order valence-corrected chi connectivity index (χ0v) is 12.5. The molecule has 0 radical (unpaired) electrons. The SMILES string of the molecule is CNC(=O)c1ccc(C(=O)N2CCC(C)CC2CN)cn1. The smallest absolute Gasteiger partial charge is 0.269 e. The Kier molecular flexibility index (Phi) is 4.90. The van der Waals surface area contributed by atoms with Crippen molar-refractivity contribution in [3.05, 3.63) is 29.6 Å². The van der Waals surface area contributed by atoms with E-state index >= 15 is 0 Å². The van der Waals surface area contributed by atoms with Crippen molar-refractivity contribution in [2.45, 2.75) is 25.8 Å². The van der Waals surface area contributed by atoms with Crippen molar-refractivity contribution in [3.8, 4) is 0 Å². The number of carbonyl (C=O) groups excluding carboxylic acids is 2. The quantitative estimate of drug-likeness (QED) is 0.855. The van der Waals surface area contributed by atoms with Gasteiger partial charge in [0.2, 0.25) is 0 Å². The molecule has 0 bridgehead atoms. The summed E-state index contributed by atoms with van der Waals surface area (Å²) in [6.07, 6.45) is 3.39. The summed E-state index contributed by atoms with van der Waals surface area (Å²) >= 11 is 0. The van der Waals surface area contributed by atoms with Crippen LogP contribution in [0, 0.1) is 5.92 Å². The van der Waals surface area contributed by atoms with Crippen molar-refractivity contribution < 1.29 is 9.59 Å². The second kappa shape index (κ2) is 6.67. The molecule has 1 aliphatic heterocycles. The molecule has 21 heavy (non-hydrogen) atoms. The molecular weight excluding hydrogens is 268 g/mol. The van der Waals surface area contributed by atoms with Crippen LogP contribution < -0.4 is 11.1 Å². The molecular formula is C15H22N4O2. The molecule has 2 atom stereocenters. The number of piperidine rings is 1. The van der Waals surface area contributed by atoms with E-state index in [0.717, 1.165) is 19.4 Å². The van der Waals surface area contributed by atoms with Gasteiger partial charge in [0.15, 0.2) is 0 Å². The van der Waals surface area contributed by atoms with Gasteiger partial charge >= 0.3 is 0 Å². The van der Waals surface area contributed by atoms with E-state index in [9.17, 15) is 9.59 Å². The van der Waals surface area contributed by atoms with Gasteiger partial charge in [-0.05, 0) is 30.9 Å². The first-order valence-corrected chi connectivity index (χ1v) is 7.26. The summed E-state index contributed by atoms with van der Waals surface area (Å²) in [7, 11) is 1.55. The maximum absolute atomic E-state index is 12.6. The average Bonchev–Trinajstić information content (AvgIpc) is 2.53. The van der Waals surface area contributed by atoms with Crippen LogP contribution in [0.15, 0.2) is 18.3 Å². The zero-order chi connectivity index (χ0) is 15.4. The van der Waals surface area contributed by atoms with Gasteiger partial charge in [0.25, 0.3) is 11.8 Å². The molecule has 2 unspecified atom stereocenters. The van der Waals surface area contributed by atoms with E-state index in [0.29, 0.717) is 23.7 Å². The third-order valence-corrected chi connectivity index (χ3v) is 3.98. The monoisotopic (exact) mass is 290 g/mol. The number of aromatic nitrogens is 1. The van der Waals surface area contributed by atoms with Crippen molar-refractivity contribution >= 4 is 11.8 Å². The number of hydrogen-bond donors (Lipinski definition) is 2. The molecule has 6 nitrogen and oxygen atoms in total. The lowest BCUT2D eigenvalue weighted by atomic mass is 9.92. The molecule has 2 heterocycles. The van der Waals surface area contributed by atoms with Crippen LogP contribution in [-0.4, -0.2) is 47.9 Å². The predicted octanol–water partition coefficient (Wildman–Crippen LogP) is 0.641. The Hall–Kier alpha value is -1.95. The van der Waals surface area contributed by atoms with E-state index in [-0.39, 0.29) is 17.9 Å².